The van der Waals surface area contributed by atoms with Crippen molar-refractivity contribution in [3.63, 3.8) is 0 Å². The third-order valence-corrected chi connectivity index (χ3v) is 5.55. The summed E-state index contributed by atoms with van der Waals surface area (Å²) in [4.78, 5) is 0. The molecule has 0 spiro atoms. The van der Waals surface area contributed by atoms with Gasteiger partial charge in [-0.3, -0.25) is 0 Å². The van der Waals surface area contributed by atoms with Crippen LogP contribution in [0.1, 0.15) is 19.4 Å². The SMILES string of the molecule is CC1=C(C)CP(Cc2ccccc2)C1. The van der Waals surface area contributed by atoms with Gasteiger partial charge in [0.15, 0.2) is 0 Å². The lowest BCUT2D eigenvalue weighted by atomic mass is 10.2. The number of hydrogen-bond donors (Lipinski definition) is 0. The zero-order chi connectivity index (χ0) is 9.97. The van der Waals surface area contributed by atoms with Crippen molar-refractivity contribution < 1.29 is 0 Å². The maximum Gasteiger partial charge on any atom is -0.00673 e. The molecule has 0 saturated heterocycles. The summed E-state index contributed by atoms with van der Waals surface area (Å²) in [5, 5.41) is 0. The summed E-state index contributed by atoms with van der Waals surface area (Å²) < 4.78 is 0. The maximum absolute atomic E-state index is 2.29. The summed E-state index contributed by atoms with van der Waals surface area (Å²) in [6.07, 6.45) is 4.05. The van der Waals surface area contributed by atoms with Gasteiger partial charge in [0.1, 0.15) is 0 Å². The van der Waals surface area contributed by atoms with Gasteiger partial charge < -0.3 is 0 Å². The minimum atomic E-state index is 0.226. The Hall–Kier alpha value is -0.610. The molecule has 1 heterocycles. The second kappa shape index (κ2) is 4.28. The predicted octanol–water partition coefficient (Wildman–Crippen LogP) is 4.02. The summed E-state index contributed by atoms with van der Waals surface area (Å²) >= 11 is 0. The van der Waals surface area contributed by atoms with Gasteiger partial charge >= 0.3 is 0 Å². The molecule has 0 saturated carbocycles. The molecule has 14 heavy (non-hydrogen) atoms. The van der Waals surface area contributed by atoms with Crippen LogP contribution in [-0.2, 0) is 6.16 Å². The Morgan fingerprint density at radius 1 is 1.00 bits per heavy atom. The van der Waals surface area contributed by atoms with Crippen LogP contribution < -0.4 is 0 Å². The first kappa shape index (κ1) is 9.93. The average Bonchev–Trinajstić information content (AvgIpc) is 2.47. The first-order valence-electron chi connectivity index (χ1n) is 5.17. The van der Waals surface area contributed by atoms with E-state index in [1.54, 1.807) is 11.1 Å². The molecule has 0 unspecified atom stereocenters. The van der Waals surface area contributed by atoms with Crippen LogP contribution in [0.15, 0.2) is 41.5 Å². The minimum Gasteiger partial charge on any atom is -0.0939 e. The van der Waals surface area contributed by atoms with Crippen molar-refractivity contribution in [2.75, 3.05) is 12.3 Å². The number of rotatable bonds is 2. The Kier molecular flexibility index (Phi) is 3.03. The second-order valence-corrected chi connectivity index (χ2v) is 6.48. The molecule has 1 aliphatic rings. The normalized spacial score (nSPS) is 17.9. The third-order valence-electron chi connectivity index (χ3n) is 2.90. The van der Waals surface area contributed by atoms with Gasteiger partial charge in [0.25, 0.3) is 0 Å². The van der Waals surface area contributed by atoms with Crippen molar-refractivity contribution in [1.29, 1.82) is 0 Å². The van der Waals surface area contributed by atoms with Crippen LogP contribution in [0.3, 0.4) is 0 Å². The highest BCUT2D eigenvalue weighted by atomic mass is 31.1. The molecule has 0 radical (unpaired) electrons. The highest BCUT2D eigenvalue weighted by molar-refractivity contribution is 7.57. The van der Waals surface area contributed by atoms with E-state index in [9.17, 15) is 0 Å². The molecule has 0 aromatic heterocycles. The fraction of sp³-hybridized carbons (Fsp3) is 0.385. The quantitative estimate of drug-likeness (QED) is 0.504. The van der Waals surface area contributed by atoms with Gasteiger partial charge in [-0.05, 0) is 37.9 Å². The lowest BCUT2D eigenvalue weighted by Gasteiger charge is -2.10. The Labute approximate surface area is 87.8 Å². The standard InChI is InChI=1S/C13H17P/c1-11-8-14(9-12(11)2)10-13-6-4-3-5-7-13/h3-7H,8-10H2,1-2H3. The van der Waals surface area contributed by atoms with Crippen molar-refractivity contribution in [2.24, 2.45) is 0 Å². The Morgan fingerprint density at radius 2 is 1.57 bits per heavy atom. The van der Waals surface area contributed by atoms with Crippen LogP contribution in [0.4, 0.5) is 0 Å². The monoisotopic (exact) mass is 204 g/mol. The van der Waals surface area contributed by atoms with E-state index < -0.39 is 0 Å². The van der Waals surface area contributed by atoms with E-state index in [2.05, 4.69) is 44.2 Å². The zero-order valence-corrected chi connectivity index (χ0v) is 9.85. The summed E-state index contributed by atoms with van der Waals surface area (Å²) in [5.41, 5.74) is 4.81. The van der Waals surface area contributed by atoms with Crippen LogP contribution in [0, 0.1) is 0 Å². The van der Waals surface area contributed by atoms with Gasteiger partial charge in [-0.15, -0.1) is 0 Å². The first-order chi connectivity index (χ1) is 6.75. The summed E-state index contributed by atoms with van der Waals surface area (Å²) in [7, 11) is 0.226. The summed E-state index contributed by atoms with van der Waals surface area (Å²) in [5.74, 6) is 0. The molecule has 0 N–H and O–H groups in total. The molecule has 2 rings (SSSR count). The first-order valence-corrected chi connectivity index (χ1v) is 7.07. The molecule has 0 atom stereocenters. The largest absolute Gasteiger partial charge is 0.0939 e. The molecule has 0 fully saturated rings. The number of allylic oxidation sites excluding steroid dienone is 2. The van der Waals surface area contributed by atoms with Crippen LogP contribution in [0.2, 0.25) is 0 Å². The van der Waals surface area contributed by atoms with Crippen molar-refractivity contribution in [2.45, 2.75) is 20.0 Å². The fourth-order valence-corrected chi connectivity index (χ4v) is 4.89. The molecular formula is C13H17P. The molecule has 1 heteroatoms. The lowest BCUT2D eigenvalue weighted by Crippen LogP contribution is -1.86. The van der Waals surface area contributed by atoms with E-state index in [0.29, 0.717) is 0 Å². The van der Waals surface area contributed by atoms with E-state index in [0.717, 1.165) is 0 Å². The number of benzene rings is 1. The van der Waals surface area contributed by atoms with Gasteiger partial charge in [0.05, 0.1) is 0 Å². The van der Waals surface area contributed by atoms with Crippen LogP contribution in [0.25, 0.3) is 0 Å². The van der Waals surface area contributed by atoms with E-state index in [-0.39, 0.29) is 7.92 Å². The summed E-state index contributed by atoms with van der Waals surface area (Å²) in [6, 6.07) is 10.9. The van der Waals surface area contributed by atoms with Gasteiger partial charge in [-0.25, -0.2) is 0 Å². The van der Waals surface area contributed by atoms with Gasteiger partial charge in [-0.1, -0.05) is 49.4 Å². The average molecular weight is 204 g/mol. The van der Waals surface area contributed by atoms with Crippen molar-refractivity contribution >= 4 is 7.92 Å². The molecule has 74 valence electrons. The second-order valence-electron chi connectivity index (χ2n) is 4.19. The Balaban J connectivity index is 1.96. The molecule has 0 amide bonds. The molecule has 1 aromatic carbocycles. The molecule has 0 bridgehead atoms. The van der Waals surface area contributed by atoms with Crippen molar-refractivity contribution in [1.82, 2.24) is 0 Å². The van der Waals surface area contributed by atoms with Crippen LogP contribution >= 0.6 is 7.92 Å². The molecule has 0 nitrogen and oxygen atoms in total. The summed E-state index contributed by atoms with van der Waals surface area (Å²) in [6.45, 7) is 4.59. The molecular weight excluding hydrogens is 187 g/mol. The lowest BCUT2D eigenvalue weighted by molar-refractivity contribution is 1.29. The Bertz CT molecular complexity index is 324. The van der Waals surface area contributed by atoms with Crippen LogP contribution in [-0.4, -0.2) is 12.3 Å². The third kappa shape index (κ3) is 2.25. The highest BCUT2D eigenvalue weighted by Gasteiger charge is 2.18. The maximum atomic E-state index is 2.29. The van der Waals surface area contributed by atoms with Gasteiger partial charge in [0, 0.05) is 0 Å². The fourth-order valence-electron chi connectivity index (χ4n) is 1.95. The van der Waals surface area contributed by atoms with Gasteiger partial charge in [0.2, 0.25) is 0 Å². The van der Waals surface area contributed by atoms with Crippen molar-refractivity contribution in [3.05, 3.63) is 47.0 Å². The van der Waals surface area contributed by atoms with E-state index in [1.165, 1.54) is 24.0 Å². The van der Waals surface area contributed by atoms with Gasteiger partial charge in [-0.2, -0.15) is 0 Å². The molecule has 0 aliphatic carbocycles. The number of hydrogen-bond acceptors (Lipinski definition) is 0. The van der Waals surface area contributed by atoms with E-state index in [4.69, 9.17) is 0 Å². The smallest absolute Gasteiger partial charge is 0.00673 e. The minimum absolute atomic E-state index is 0.226. The van der Waals surface area contributed by atoms with E-state index >= 15 is 0 Å². The molecule has 1 aromatic rings. The van der Waals surface area contributed by atoms with E-state index in [1.807, 2.05) is 0 Å². The van der Waals surface area contributed by atoms with Crippen molar-refractivity contribution in [3.8, 4) is 0 Å². The molecule has 1 aliphatic heterocycles. The predicted molar refractivity (Wildman–Crippen MR) is 65.2 cm³/mol. The zero-order valence-electron chi connectivity index (χ0n) is 8.96. The Morgan fingerprint density at radius 3 is 2.14 bits per heavy atom. The van der Waals surface area contributed by atoms with Crippen LogP contribution in [0.5, 0.6) is 0 Å². The highest BCUT2D eigenvalue weighted by Crippen LogP contribution is 2.48. The topological polar surface area (TPSA) is 0 Å².